The topological polar surface area (TPSA) is 83.8 Å². The van der Waals surface area contributed by atoms with Crippen molar-refractivity contribution in [1.82, 2.24) is 10.2 Å². The number of carbonyl (C=O) groups is 1. The molecule has 112 valence electrons. The fourth-order valence-electron chi connectivity index (χ4n) is 2.37. The van der Waals surface area contributed by atoms with Gasteiger partial charge in [0.05, 0.1) is 17.3 Å². The number of nitrogens with one attached hydrogen (secondary N) is 2. The normalized spacial score (nSPS) is 10.9. The Labute approximate surface area is 132 Å². The van der Waals surface area contributed by atoms with Crippen molar-refractivity contribution in [3.63, 3.8) is 0 Å². The maximum atomic E-state index is 12.5. The van der Waals surface area contributed by atoms with Gasteiger partial charge in [-0.2, -0.15) is 5.10 Å². The summed E-state index contributed by atoms with van der Waals surface area (Å²) < 4.78 is 0. The molecule has 0 saturated heterocycles. The van der Waals surface area contributed by atoms with Crippen LogP contribution >= 0.6 is 11.6 Å². The SMILES string of the molecule is Cc1ccc(NC(=O)c2cc(Cl)cc3[nH]ncc23)cc1CN. The van der Waals surface area contributed by atoms with E-state index in [0.29, 0.717) is 22.8 Å². The number of aromatic amines is 1. The number of amides is 1. The van der Waals surface area contributed by atoms with E-state index in [1.165, 1.54) is 0 Å². The van der Waals surface area contributed by atoms with Gasteiger partial charge in [-0.15, -0.1) is 0 Å². The van der Waals surface area contributed by atoms with Crippen LogP contribution in [0.2, 0.25) is 5.02 Å². The molecular formula is C16H15ClN4O. The Kier molecular flexibility index (Phi) is 3.83. The zero-order valence-corrected chi connectivity index (χ0v) is 12.7. The van der Waals surface area contributed by atoms with Gasteiger partial charge in [-0.1, -0.05) is 17.7 Å². The Morgan fingerprint density at radius 3 is 2.95 bits per heavy atom. The van der Waals surface area contributed by atoms with E-state index >= 15 is 0 Å². The van der Waals surface area contributed by atoms with Crippen LogP contribution in [0.5, 0.6) is 0 Å². The monoisotopic (exact) mass is 314 g/mol. The summed E-state index contributed by atoms with van der Waals surface area (Å²) in [5.74, 6) is -0.235. The number of halogens is 1. The van der Waals surface area contributed by atoms with Crippen LogP contribution in [0, 0.1) is 6.92 Å². The molecule has 0 spiro atoms. The molecule has 5 nitrogen and oxygen atoms in total. The van der Waals surface area contributed by atoms with Crippen LogP contribution in [0.1, 0.15) is 21.5 Å². The predicted octanol–water partition coefficient (Wildman–Crippen LogP) is 3.24. The second-order valence-corrected chi connectivity index (χ2v) is 5.52. The molecule has 1 heterocycles. The molecule has 0 aliphatic carbocycles. The van der Waals surface area contributed by atoms with Gasteiger partial charge in [-0.05, 0) is 42.3 Å². The quantitative estimate of drug-likeness (QED) is 0.694. The predicted molar refractivity (Wildman–Crippen MR) is 88.1 cm³/mol. The van der Waals surface area contributed by atoms with E-state index in [9.17, 15) is 4.79 Å². The number of anilines is 1. The van der Waals surface area contributed by atoms with Gasteiger partial charge >= 0.3 is 0 Å². The van der Waals surface area contributed by atoms with E-state index in [4.69, 9.17) is 17.3 Å². The fourth-order valence-corrected chi connectivity index (χ4v) is 2.59. The number of H-pyrrole nitrogens is 1. The number of rotatable bonds is 3. The second kappa shape index (κ2) is 5.79. The first-order valence-electron chi connectivity index (χ1n) is 6.82. The van der Waals surface area contributed by atoms with Crippen LogP contribution in [0.3, 0.4) is 0 Å². The highest BCUT2D eigenvalue weighted by Gasteiger charge is 2.13. The molecule has 3 aromatic rings. The van der Waals surface area contributed by atoms with Crippen LogP contribution in [0.4, 0.5) is 5.69 Å². The summed E-state index contributed by atoms with van der Waals surface area (Å²) in [5.41, 5.74) is 9.70. The van der Waals surface area contributed by atoms with Gasteiger partial charge in [0, 0.05) is 22.6 Å². The fraction of sp³-hybridized carbons (Fsp3) is 0.125. The lowest BCUT2D eigenvalue weighted by atomic mass is 10.1. The largest absolute Gasteiger partial charge is 0.326 e. The van der Waals surface area contributed by atoms with E-state index in [0.717, 1.165) is 22.0 Å². The Hall–Kier alpha value is -2.37. The number of benzene rings is 2. The number of hydrogen-bond donors (Lipinski definition) is 3. The van der Waals surface area contributed by atoms with Crippen LogP contribution < -0.4 is 11.1 Å². The smallest absolute Gasteiger partial charge is 0.256 e. The second-order valence-electron chi connectivity index (χ2n) is 5.08. The molecule has 1 aromatic heterocycles. The molecule has 0 radical (unpaired) electrons. The minimum absolute atomic E-state index is 0.235. The number of aryl methyl sites for hydroxylation is 1. The third-order valence-electron chi connectivity index (χ3n) is 3.59. The number of carbonyl (C=O) groups excluding carboxylic acids is 1. The van der Waals surface area contributed by atoms with Crippen molar-refractivity contribution in [1.29, 1.82) is 0 Å². The zero-order valence-electron chi connectivity index (χ0n) is 12.0. The van der Waals surface area contributed by atoms with E-state index in [1.807, 2.05) is 25.1 Å². The van der Waals surface area contributed by atoms with Crippen molar-refractivity contribution >= 4 is 34.1 Å². The van der Waals surface area contributed by atoms with Gasteiger partial charge in [0.25, 0.3) is 5.91 Å². The first-order chi connectivity index (χ1) is 10.6. The summed E-state index contributed by atoms with van der Waals surface area (Å²) >= 11 is 6.05. The minimum Gasteiger partial charge on any atom is -0.326 e. The Morgan fingerprint density at radius 2 is 2.18 bits per heavy atom. The Bertz CT molecular complexity index is 856. The highest BCUT2D eigenvalue weighted by atomic mass is 35.5. The van der Waals surface area contributed by atoms with Crippen LogP contribution in [0.25, 0.3) is 10.9 Å². The van der Waals surface area contributed by atoms with E-state index in [-0.39, 0.29) is 5.91 Å². The molecule has 0 atom stereocenters. The number of hydrogen-bond acceptors (Lipinski definition) is 3. The number of aromatic nitrogens is 2. The lowest BCUT2D eigenvalue weighted by molar-refractivity contribution is 0.102. The highest BCUT2D eigenvalue weighted by molar-refractivity contribution is 6.32. The summed E-state index contributed by atoms with van der Waals surface area (Å²) in [6.45, 7) is 2.42. The molecule has 0 aliphatic heterocycles. The highest BCUT2D eigenvalue weighted by Crippen LogP contribution is 2.24. The van der Waals surface area contributed by atoms with Crippen molar-refractivity contribution in [2.24, 2.45) is 5.73 Å². The molecule has 1 amide bonds. The van der Waals surface area contributed by atoms with Gasteiger partial charge in [-0.3, -0.25) is 9.89 Å². The van der Waals surface area contributed by atoms with Crippen molar-refractivity contribution in [3.05, 3.63) is 58.2 Å². The zero-order chi connectivity index (χ0) is 15.7. The number of nitrogens with zero attached hydrogens (tertiary/aromatic N) is 1. The molecule has 0 bridgehead atoms. The molecule has 3 rings (SSSR count). The van der Waals surface area contributed by atoms with Crippen LogP contribution in [0.15, 0.2) is 36.5 Å². The number of nitrogens with two attached hydrogens (primary N) is 1. The third kappa shape index (κ3) is 2.68. The van der Waals surface area contributed by atoms with E-state index < -0.39 is 0 Å². The average Bonchev–Trinajstić information content (AvgIpc) is 2.96. The van der Waals surface area contributed by atoms with Gasteiger partial charge < -0.3 is 11.1 Å². The van der Waals surface area contributed by atoms with Gasteiger partial charge in [-0.25, -0.2) is 0 Å². The average molecular weight is 315 g/mol. The molecule has 0 unspecified atom stereocenters. The van der Waals surface area contributed by atoms with Gasteiger partial charge in [0.2, 0.25) is 0 Å². The van der Waals surface area contributed by atoms with E-state index in [1.54, 1.807) is 18.3 Å². The van der Waals surface area contributed by atoms with Crippen molar-refractivity contribution < 1.29 is 4.79 Å². The molecule has 0 saturated carbocycles. The molecule has 0 aliphatic rings. The molecule has 2 aromatic carbocycles. The first-order valence-corrected chi connectivity index (χ1v) is 7.20. The van der Waals surface area contributed by atoms with Crippen LogP contribution in [-0.4, -0.2) is 16.1 Å². The molecular weight excluding hydrogens is 300 g/mol. The molecule has 22 heavy (non-hydrogen) atoms. The summed E-state index contributed by atoms with van der Waals surface area (Å²) in [6.07, 6.45) is 1.61. The van der Waals surface area contributed by atoms with Crippen molar-refractivity contribution in [2.75, 3.05) is 5.32 Å². The summed E-state index contributed by atoms with van der Waals surface area (Å²) in [6, 6.07) is 9.03. The lowest BCUT2D eigenvalue weighted by Gasteiger charge is -2.10. The van der Waals surface area contributed by atoms with Crippen LogP contribution in [-0.2, 0) is 6.54 Å². The van der Waals surface area contributed by atoms with Gasteiger partial charge in [0.15, 0.2) is 0 Å². The maximum Gasteiger partial charge on any atom is 0.256 e. The van der Waals surface area contributed by atoms with Gasteiger partial charge in [0.1, 0.15) is 0 Å². The Morgan fingerprint density at radius 1 is 1.36 bits per heavy atom. The summed E-state index contributed by atoms with van der Waals surface area (Å²) in [7, 11) is 0. The summed E-state index contributed by atoms with van der Waals surface area (Å²) in [4.78, 5) is 12.5. The standard InChI is InChI=1S/C16H15ClN4O/c1-9-2-3-12(4-10(9)7-18)20-16(22)13-5-11(17)6-15-14(13)8-19-21-15/h2-6,8H,7,18H2,1H3,(H,19,21)(H,20,22). The molecule has 6 heteroatoms. The van der Waals surface area contributed by atoms with E-state index in [2.05, 4.69) is 15.5 Å². The Balaban J connectivity index is 1.95. The first kappa shape index (κ1) is 14.6. The number of fused-ring (bicyclic) bond motifs is 1. The third-order valence-corrected chi connectivity index (χ3v) is 3.81. The lowest BCUT2D eigenvalue weighted by Crippen LogP contribution is -2.13. The molecule has 0 fully saturated rings. The summed E-state index contributed by atoms with van der Waals surface area (Å²) in [5, 5.41) is 10.8. The van der Waals surface area contributed by atoms with Crippen molar-refractivity contribution in [2.45, 2.75) is 13.5 Å². The minimum atomic E-state index is -0.235. The van der Waals surface area contributed by atoms with Crippen molar-refractivity contribution in [3.8, 4) is 0 Å². The molecule has 4 N–H and O–H groups in total. The maximum absolute atomic E-state index is 12.5.